The number of nitrogens with two attached hydrogens (primary N) is 1. The summed E-state index contributed by atoms with van der Waals surface area (Å²) in [4.78, 5) is 15.8. The Hall–Kier alpha value is -1.03. The highest BCUT2D eigenvalue weighted by Crippen LogP contribution is 2.28. The van der Waals surface area contributed by atoms with Crippen LogP contribution in [-0.4, -0.2) is 21.8 Å². The van der Waals surface area contributed by atoms with E-state index < -0.39 is 0 Å². The molecule has 1 unspecified atom stereocenters. The van der Waals surface area contributed by atoms with E-state index in [2.05, 4.69) is 4.98 Å². The Kier molecular flexibility index (Phi) is 3.26. The Morgan fingerprint density at radius 1 is 1.67 bits per heavy atom. The molecule has 1 aromatic rings. The molecule has 1 aliphatic heterocycles. The van der Waals surface area contributed by atoms with E-state index in [1.807, 2.05) is 0 Å². The van der Waals surface area contributed by atoms with Gasteiger partial charge >= 0.3 is 0 Å². The largest absolute Gasteiger partial charge is 0.398 e. The highest BCUT2D eigenvalue weighted by Gasteiger charge is 2.23. The number of pyridine rings is 1. The summed E-state index contributed by atoms with van der Waals surface area (Å²) in [5, 5.41) is 0.185. The fourth-order valence-electron chi connectivity index (χ4n) is 1.72. The van der Waals surface area contributed by atoms with Crippen LogP contribution >= 0.6 is 11.8 Å². The van der Waals surface area contributed by atoms with E-state index in [1.165, 1.54) is 0 Å². The Bertz CT molecular complexity index is 361. The normalized spacial score (nSPS) is 20.4. The molecular formula is C11H14N2OS. The van der Waals surface area contributed by atoms with Gasteiger partial charge in [0, 0.05) is 30.1 Å². The number of nitrogens with zero attached hydrogens (tertiary/aromatic N) is 1. The Balaban J connectivity index is 2.02. The molecule has 1 aliphatic rings. The highest BCUT2D eigenvalue weighted by atomic mass is 32.2. The van der Waals surface area contributed by atoms with E-state index in [4.69, 9.17) is 5.73 Å². The van der Waals surface area contributed by atoms with Crippen molar-refractivity contribution in [1.82, 2.24) is 4.98 Å². The number of carbonyl (C=O) groups is 1. The fourth-order valence-corrected chi connectivity index (χ4v) is 2.94. The number of Topliss-reactive ketones (excluding diaryl/α,β-unsaturated/α-hetero) is 1. The molecule has 0 radical (unpaired) electrons. The topological polar surface area (TPSA) is 56.0 Å². The second kappa shape index (κ2) is 4.66. The number of ketones is 1. The Morgan fingerprint density at radius 2 is 2.53 bits per heavy atom. The van der Waals surface area contributed by atoms with E-state index in [-0.39, 0.29) is 11.0 Å². The smallest absolute Gasteiger partial charge is 0.150 e. The lowest BCUT2D eigenvalue weighted by Crippen LogP contribution is -2.17. The zero-order valence-corrected chi connectivity index (χ0v) is 9.30. The van der Waals surface area contributed by atoms with Crippen molar-refractivity contribution in [3.63, 3.8) is 0 Å². The highest BCUT2D eigenvalue weighted by molar-refractivity contribution is 8.00. The number of carbonyl (C=O) groups excluding carboxylic acids is 1. The third-order valence-electron chi connectivity index (χ3n) is 2.59. The summed E-state index contributed by atoms with van der Waals surface area (Å²) in [7, 11) is 0. The van der Waals surface area contributed by atoms with Crippen LogP contribution in [-0.2, 0) is 11.2 Å². The average molecular weight is 222 g/mol. The van der Waals surface area contributed by atoms with E-state index in [1.54, 1.807) is 30.2 Å². The van der Waals surface area contributed by atoms with Gasteiger partial charge in [-0.3, -0.25) is 9.78 Å². The zero-order valence-electron chi connectivity index (χ0n) is 8.48. The average Bonchev–Trinajstić information content (AvgIpc) is 2.74. The molecule has 3 nitrogen and oxygen atoms in total. The second-order valence-corrected chi connectivity index (χ2v) is 5.03. The molecule has 0 aromatic carbocycles. The maximum absolute atomic E-state index is 11.9. The quantitative estimate of drug-likeness (QED) is 0.845. The van der Waals surface area contributed by atoms with Crippen molar-refractivity contribution in [3.05, 3.63) is 24.0 Å². The molecule has 0 aliphatic carbocycles. The lowest BCUT2D eigenvalue weighted by molar-refractivity contribution is -0.117. The van der Waals surface area contributed by atoms with Gasteiger partial charge in [0.1, 0.15) is 5.78 Å². The standard InChI is InChI=1S/C11H14N2OS/c12-9-3-4-13-7-8(9)6-10(14)11-2-1-5-15-11/h3-4,7,11H,1-2,5-6H2,(H2,12,13). The number of hydrogen-bond acceptors (Lipinski definition) is 4. The second-order valence-electron chi connectivity index (χ2n) is 3.72. The maximum atomic E-state index is 11.9. The van der Waals surface area contributed by atoms with Crippen LogP contribution in [0.15, 0.2) is 18.5 Å². The van der Waals surface area contributed by atoms with Gasteiger partial charge in [-0.1, -0.05) is 0 Å². The van der Waals surface area contributed by atoms with Crippen molar-refractivity contribution in [3.8, 4) is 0 Å². The molecule has 1 atom stereocenters. The molecule has 15 heavy (non-hydrogen) atoms. The van der Waals surface area contributed by atoms with Crippen LogP contribution in [0.3, 0.4) is 0 Å². The molecule has 80 valence electrons. The first kappa shape index (κ1) is 10.5. The zero-order chi connectivity index (χ0) is 10.7. The van der Waals surface area contributed by atoms with Crippen LogP contribution in [0.25, 0.3) is 0 Å². The molecule has 1 saturated heterocycles. The first-order valence-electron chi connectivity index (χ1n) is 5.10. The Labute approximate surface area is 93.5 Å². The van der Waals surface area contributed by atoms with Crippen LogP contribution in [0, 0.1) is 0 Å². The lowest BCUT2D eigenvalue weighted by Gasteiger charge is -2.08. The van der Waals surface area contributed by atoms with Crippen molar-refractivity contribution in [2.24, 2.45) is 0 Å². The molecule has 4 heteroatoms. The molecule has 0 bridgehead atoms. The number of nitrogen functional groups attached to an aromatic ring is 1. The van der Waals surface area contributed by atoms with Crippen molar-refractivity contribution < 1.29 is 4.79 Å². The molecule has 2 heterocycles. The van der Waals surface area contributed by atoms with Crippen molar-refractivity contribution in [2.75, 3.05) is 11.5 Å². The number of rotatable bonds is 3. The van der Waals surface area contributed by atoms with Gasteiger partial charge < -0.3 is 5.73 Å². The summed E-state index contributed by atoms with van der Waals surface area (Å²) in [6.45, 7) is 0. The molecule has 2 N–H and O–H groups in total. The van der Waals surface area contributed by atoms with Crippen LogP contribution in [0.5, 0.6) is 0 Å². The van der Waals surface area contributed by atoms with Gasteiger partial charge in [0.25, 0.3) is 0 Å². The van der Waals surface area contributed by atoms with Gasteiger partial charge in [-0.15, -0.1) is 0 Å². The molecule has 1 fully saturated rings. The fraction of sp³-hybridized carbons (Fsp3) is 0.455. The van der Waals surface area contributed by atoms with E-state index in [0.29, 0.717) is 12.1 Å². The minimum atomic E-state index is 0.185. The van der Waals surface area contributed by atoms with Gasteiger partial charge in [-0.05, 0) is 24.7 Å². The molecule has 0 saturated carbocycles. The van der Waals surface area contributed by atoms with Crippen LogP contribution in [0.2, 0.25) is 0 Å². The van der Waals surface area contributed by atoms with Gasteiger partial charge in [0.2, 0.25) is 0 Å². The van der Waals surface area contributed by atoms with Gasteiger partial charge in [-0.2, -0.15) is 11.8 Å². The summed E-state index contributed by atoms with van der Waals surface area (Å²) >= 11 is 1.76. The van der Waals surface area contributed by atoms with Crippen LogP contribution in [0.4, 0.5) is 5.69 Å². The van der Waals surface area contributed by atoms with Crippen molar-refractivity contribution >= 4 is 23.2 Å². The van der Waals surface area contributed by atoms with E-state index in [9.17, 15) is 4.79 Å². The summed E-state index contributed by atoms with van der Waals surface area (Å²) in [6, 6.07) is 1.74. The third-order valence-corrected chi connectivity index (χ3v) is 4.02. The van der Waals surface area contributed by atoms with E-state index >= 15 is 0 Å². The van der Waals surface area contributed by atoms with E-state index in [0.717, 1.165) is 24.2 Å². The number of anilines is 1. The number of hydrogen-bond donors (Lipinski definition) is 1. The third kappa shape index (κ3) is 2.50. The first-order chi connectivity index (χ1) is 7.27. The van der Waals surface area contributed by atoms with Crippen LogP contribution < -0.4 is 5.73 Å². The van der Waals surface area contributed by atoms with Gasteiger partial charge in [-0.25, -0.2) is 0 Å². The first-order valence-corrected chi connectivity index (χ1v) is 6.15. The predicted molar refractivity (Wildman–Crippen MR) is 62.8 cm³/mol. The molecule has 2 rings (SSSR count). The van der Waals surface area contributed by atoms with Crippen molar-refractivity contribution in [2.45, 2.75) is 24.5 Å². The maximum Gasteiger partial charge on any atom is 0.150 e. The van der Waals surface area contributed by atoms with Crippen LogP contribution in [0.1, 0.15) is 18.4 Å². The molecular weight excluding hydrogens is 208 g/mol. The minimum Gasteiger partial charge on any atom is -0.398 e. The summed E-state index contributed by atoms with van der Waals surface area (Å²) in [6.07, 6.45) is 5.94. The van der Waals surface area contributed by atoms with Crippen molar-refractivity contribution in [1.29, 1.82) is 0 Å². The summed E-state index contributed by atoms with van der Waals surface area (Å²) in [5.41, 5.74) is 7.29. The minimum absolute atomic E-state index is 0.185. The molecule has 1 aromatic heterocycles. The van der Waals surface area contributed by atoms with Gasteiger partial charge in [0.15, 0.2) is 0 Å². The molecule has 0 amide bonds. The SMILES string of the molecule is Nc1ccncc1CC(=O)C1CCCS1. The lowest BCUT2D eigenvalue weighted by atomic mass is 10.1. The number of thioether (sulfide) groups is 1. The molecule has 0 spiro atoms. The van der Waals surface area contributed by atoms with Gasteiger partial charge in [0.05, 0.1) is 5.25 Å². The monoisotopic (exact) mass is 222 g/mol. The summed E-state index contributed by atoms with van der Waals surface area (Å²) < 4.78 is 0. The Morgan fingerprint density at radius 3 is 3.20 bits per heavy atom. The predicted octanol–water partition coefficient (Wildman–Crippen LogP) is 1.67. The summed E-state index contributed by atoms with van der Waals surface area (Å²) in [5.74, 6) is 1.40. The number of aromatic nitrogens is 1.